The maximum Gasteiger partial charge on any atom is 0.255 e. The summed E-state index contributed by atoms with van der Waals surface area (Å²) in [6, 6.07) is 12.6. The molecular weight excluding hydrogens is 364 g/mol. The van der Waals surface area contributed by atoms with Crippen molar-refractivity contribution in [3.8, 4) is 0 Å². The molecule has 2 aromatic rings. The number of imide groups is 1. The molecule has 29 heavy (non-hydrogen) atoms. The highest BCUT2D eigenvalue weighted by Gasteiger charge is 2.50. The van der Waals surface area contributed by atoms with Crippen LogP contribution in [0.25, 0.3) is 0 Å². The van der Waals surface area contributed by atoms with Crippen LogP contribution < -0.4 is 10.2 Å². The number of rotatable bonds is 3. The molecule has 5 heteroatoms. The third-order valence-electron chi connectivity index (χ3n) is 6.18. The molecule has 1 saturated heterocycles. The Morgan fingerprint density at radius 3 is 2.52 bits per heavy atom. The Balaban J connectivity index is 1.58. The molecular formula is C24H26N2O3. The fraction of sp³-hybridized carbons (Fsp3) is 0.375. The number of aryl methyl sites for hydroxylation is 2. The van der Waals surface area contributed by atoms with E-state index in [0.717, 1.165) is 36.1 Å². The van der Waals surface area contributed by atoms with Crippen LogP contribution in [0.15, 0.2) is 42.5 Å². The van der Waals surface area contributed by atoms with E-state index in [4.69, 9.17) is 0 Å². The molecule has 1 N–H and O–H groups in total. The van der Waals surface area contributed by atoms with Crippen molar-refractivity contribution < 1.29 is 14.4 Å². The van der Waals surface area contributed by atoms with Gasteiger partial charge in [0.1, 0.15) is 0 Å². The molecule has 1 aliphatic carbocycles. The van der Waals surface area contributed by atoms with Crippen LogP contribution in [0, 0.1) is 31.6 Å². The van der Waals surface area contributed by atoms with Crippen LogP contribution in [0.2, 0.25) is 0 Å². The molecule has 0 radical (unpaired) electrons. The number of carbonyl (C=O) groups excluding carboxylic acids is 3. The van der Waals surface area contributed by atoms with E-state index in [0.29, 0.717) is 17.2 Å². The summed E-state index contributed by atoms with van der Waals surface area (Å²) in [5.41, 5.74) is 3.77. The van der Waals surface area contributed by atoms with Crippen molar-refractivity contribution in [1.82, 2.24) is 0 Å². The van der Waals surface area contributed by atoms with Crippen molar-refractivity contribution in [3.05, 3.63) is 59.2 Å². The number of fused-ring (bicyclic) bond motifs is 1. The second kappa shape index (κ2) is 7.47. The molecule has 150 valence electrons. The van der Waals surface area contributed by atoms with Crippen LogP contribution in [0.4, 0.5) is 11.4 Å². The Hall–Kier alpha value is -2.95. The Morgan fingerprint density at radius 1 is 1.00 bits per heavy atom. The summed E-state index contributed by atoms with van der Waals surface area (Å²) in [6.07, 6.45) is 2.50. The maximum atomic E-state index is 12.9. The second-order valence-corrected chi connectivity index (χ2v) is 8.47. The van der Waals surface area contributed by atoms with Gasteiger partial charge in [-0.1, -0.05) is 30.7 Å². The highest BCUT2D eigenvalue weighted by Crippen LogP contribution is 2.42. The lowest BCUT2D eigenvalue weighted by Gasteiger charge is -2.25. The first-order valence-electron chi connectivity index (χ1n) is 10.2. The van der Waals surface area contributed by atoms with Crippen LogP contribution in [-0.2, 0) is 9.59 Å². The predicted molar refractivity (Wildman–Crippen MR) is 113 cm³/mol. The Morgan fingerprint density at radius 2 is 1.76 bits per heavy atom. The molecule has 1 heterocycles. The van der Waals surface area contributed by atoms with Crippen LogP contribution in [0.3, 0.4) is 0 Å². The first-order chi connectivity index (χ1) is 13.8. The highest BCUT2D eigenvalue weighted by molar-refractivity contribution is 6.22. The molecule has 0 unspecified atom stereocenters. The SMILES string of the molecule is Cc1ccc(NC(=O)c2cccc(N3C(=O)[C@H]4CC[C@H](C)C[C@H]4C3=O)c2)c(C)c1. The number of hydrogen-bond acceptors (Lipinski definition) is 3. The lowest BCUT2D eigenvalue weighted by molar-refractivity contribution is -0.122. The van der Waals surface area contributed by atoms with E-state index in [9.17, 15) is 14.4 Å². The van der Waals surface area contributed by atoms with Gasteiger partial charge in [-0.2, -0.15) is 0 Å². The summed E-state index contributed by atoms with van der Waals surface area (Å²) in [7, 11) is 0. The Bertz CT molecular complexity index is 997. The molecule has 3 amide bonds. The smallest absolute Gasteiger partial charge is 0.255 e. The minimum Gasteiger partial charge on any atom is -0.322 e. The lowest BCUT2D eigenvalue weighted by atomic mass is 9.76. The first-order valence-corrected chi connectivity index (χ1v) is 10.2. The van der Waals surface area contributed by atoms with E-state index >= 15 is 0 Å². The fourth-order valence-electron chi connectivity index (χ4n) is 4.58. The average molecular weight is 390 g/mol. The van der Waals surface area contributed by atoms with Crippen molar-refractivity contribution in [2.45, 2.75) is 40.0 Å². The summed E-state index contributed by atoms with van der Waals surface area (Å²) in [5.74, 6) is -0.491. The minimum absolute atomic E-state index is 0.126. The molecule has 2 aliphatic rings. The van der Waals surface area contributed by atoms with Crippen LogP contribution >= 0.6 is 0 Å². The topological polar surface area (TPSA) is 66.5 Å². The van der Waals surface area contributed by atoms with E-state index in [-0.39, 0.29) is 29.6 Å². The third-order valence-corrected chi connectivity index (χ3v) is 6.18. The maximum absolute atomic E-state index is 12.9. The molecule has 0 spiro atoms. The van der Waals surface area contributed by atoms with Crippen molar-refractivity contribution in [2.24, 2.45) is 17.8 Å². The van der Waals surface area contributed by atoms with E-state index in [1.54, 1.807) is 24.3 Å². The number of amides is 3. The zero-order valence-electron chi connectivity index (χ0n) is 17.1. The van der Waals surface area contributed by atoms with Gasteiger partial charge in [0.05, 0.1) is 17.5 Å². The summed E-state index contributed by atoms with van der Waals surface area (Å²) in [6.45, 7) is 6.09. The summed E-state index contributed by atoms with van der Waals surface area (Å²) < 4.78 is 0. The second-order valence-electron chi connectivity index (χ2n) is 8.47. The summed E-state index contributed by atoms with van der Waals surface area (Å²) in [5, 5.41) is 2.92. The number of hydrogen-bond donors (Lipinski definition) is 1. The van der Waals surface area contributed by atoms with Crippen LogP contribution in [-0.4, -0.2) is 17.7 Å². The van der Waals surface area contributed by atoms with E-state index < -0.39 is 0 Å². The molecule has 0 bridgehead atoms. The van der Waals surface area contributed by atoms with Crippen LogP contribution in [0.1, 0.15) is 47.7 Å². The van der Waals surface area contributed by atoms with Gasteiger partial charge in [0.25, 0.3) is 5.91 Å². The average Bonchev–Trinajstić information content (AvgIpc) is 2.94. The number of nitrogens with zero attached hydrogens (tertiary/aromatic N) is 1. The molecule has 1 aliphatic heterocycles. The third kappa shape index (κ3) is 3.57. The van der Waals surface area contributed by atoms with Gasteiger partial charge >= 0.3 is 0 Å². The molecule has 4 rings (SSSR count). The van der Waals surface area contributed by atoms with Crippen molar-refractivity contribution >= 4 is 29.1 Å². The van der Waals surface area contributed by atoms with Crippen LogP contribution in [0.5, 0.6) is 0 Å². The predicted octanol–water partition coefficient (Wildman–Crippen LogP) is 4.48. The molecule has 2 fully saturated rings. The quantitative estimate of drug-likeness (QED) is 0.786. The highest BCUT2D eigenvalue weighted by atomic mass is 16.2. The molecule has 0 aromatic heterocycles. The molecule has 3 atom stereocenters. The van der Waals surface area contributed by atoms with Gasteiger partial charge < -0.3 is 5.32 Å². The van der Waals surface area contributed by atoms with E-state index in [2.05, 4.69) is 12.2 Å². The summed E-state index contributed by atoms with van der Waals surface area (Å²) >= 11 is 0. The van der Waals surface area contributed by atoms with Gasteiger partial charge in [0, 0.05) is 11.3 Å². The Kier molecular flexibility index (Phi) is 4.99. The van der Waals surface area contributed by atoms with Crippen molar-refractivity contribution in [2.75, 3.05) is 10.2 Å². The number of benzene rings is 2. The monoisotopic (exact) mass is 390 g/mol. The van der Waals surface area contributed by atoms with Gasteiger partial charge in [0.15, 0.2) is 0 Å². The van der Waals surface area contributed by atoms with E-state index in [1.165, 1.54) is 4.90 Å². The minimum atomic E-state index is -0.260. The largest absolute Gasteiger partial charge is 0.322 e. The normalized spacial score (nSPS) is 23.8. The van der Waals surface area contributed by atoms with Gasteiger partial charge in [-0.05, 0) is 68.9 Å². The number of anilines is 2. The fourth-order valence-corrected chi connectivity index (χ4v) is 4.58. The number of nitrogens with one attached hydrogen (secondary N) is 1. The first kappa shape index (κ1) is 19.4. The van der Waals surface area contributed by atoms with Gasteiger partial charge in [-0.3, -0.25) is 19.3 Å². The van der Waals surface area contributed by atoms with Gasteiger partial charge in [-0.25, -0.2) is 0 Å². The molecule has 5 nitrogen and oxygen atoms in total. The van der Waals surface area contributed by atoms with Gasteiger partial charge in [-0.15, -0.1) is 0 Å². The van der Waals surface area contributed by atoms with Gasteiger partial charge in [0.2, 0.25) is 11.8 Å². The van der Waals surface area contributed by atoms with Crippen molar-refractivity contribution in [3.63, 3.8) is 0 Å². The lowest BCUT2D eigenvalue weighted by Crippen LogP contribution is -2.31. The standard InChI is InChI=1S/C24H26N2O3/c1-14-8-10-21(16(3)11-14)25-22(27)17-5-4-6-18(13-17)26-23(28)19-9-7-15(2)12-20(19)24(26)29/h4-6,8,10-11,13,15,19-20H,7,9,12H2,1-3H3,(H,25,27)/t15-,19-,20+/m0/s1. The molecule has 2 aromatic carbocycles. The summed E-state index contributed by atoms with van der Waals surface area (Å²) in [4.78, 5) is 39.9. The zero-order chi connectivity index (χ0) is 20.7. The number of carbonyl (C=O) groups is 3. The van der Waals surface area contributed by atoms with E-state index in [1.807, 2.05) is 32.0 Å². The van der Waals surface area contributed by atoms with Crippen molar-refractivity contribution in [1.29, 1.82) is 0 Å². The Labute approximate surface area is 171 Å². The zero-order valence-corrected chi connectivity index (χ0v) is 17.1. The molecule has 1 saturated carbocycles.